The quantitative estimate of drug-likeness (QED) is 0.892. The number of carbonyl (C=O) groups excluding carboxylic acids is 1. The van der Waals surface area contributed by atoms with Crippen molar-refractivity contribution in [2.75, 3.05) is 25.0 Å². The third-order valence-corrected chi connectivity index (χ3v) is 2.95. The number of carbonyl (C=O) groups is 1. The van der Waals surface area contributed by atoms with E-state index in [4.69, 9.17) is 16.3 Å². The summed E-state index contributed by atoms with van der Waals surface area (Å²) in [5.41, 5.74) is 0.746. The molecule has 1 unspecified atom stereocenters. The molecule has 0 saturated carbocycles. The smallest absolute Gasteiger partial charge is 0.267 e. The Morgan fingerprint density at radius 3 is 3.00 bits per heavy atom. The third-order valence-electron chi connectivity index (χ3n) is 2.71. The van der Waals surface area contributed by atoms with E-state index in [1.807, 2.05) is 7.05 Å². The number of halogens is 1. The number of likely N-dealkylation sites (N-methyl/N-ethyl adjacent to an activating group) is 1. The Bertz CT molecular complexity index is 437. The van der Waals surface area contributed by atoms with Gasteiger partial charge in [-0.15, -0.1) is 0 Å². The molecule has 5 heteroatoms. The summed E-state index contributed by atoms with van der Waals surface area (Å²) in [5, 5.41) is 3.63. The summed E-state index contributed by atoms with van der Waals surface area (Å²) < 4.78 is 5.54. The molecule has 1 atom stereocenters. The van der Waals surface area contributed by atoms with Gasteiger partial charge in [0.15, 0.2) is 6.10 Å². The molecule has 1 heterocycles. The van der Waals surface area contributed by atoms with Gasteiger partial charge in [-0.3, -0.25) is 4.79 Å². The number of fused-ring (bicyclic) bond motifs is 1. The zero-order valence-corrected chi connectivity index (χ0v) is 10.6. The van der Waals surface area contributed by atoms with Gasteiger partial charge in [-0.05, 0) is 32.2 Å². The van der Waals surface area contributed by atoms with Gasteiger partial charge in [0.05, 0.1) is 5.69 Å². The van der Waals surface area contributed by atoms with Gasteiger partial charge in [0.2, 0.25) is 0 Å². The van der Waals surface area contributed by atoms with E-state index in [2.05, 4.69) is 5.32 Å². The first-order chi connectivity index (χ1) is 8.13. The number of benzene rings is 1. The molecule has 0 fully saturated rings. The average Bonchev–Trinajstić information content (AvgIpc) is 2.31. The summed E-state index contributed by atoms with van der Waals surface area (Å²) in [5.74, 6) is 0.674. The van der Waals surface area contributed by atoms with E-state index < -0.39 is 6.10 Å². The van der Waals surface area contributed by atoms with Crippen molar-refractivity contribution >= 4 is 23.2 Å². The summed E-state index contributed by atoms with van der Waals surface area (Å²) >= 11 is 5.95. The number of rotatable bonds is 3. The topological polar surface area (TPSA) is 41.6 Å². The molecule has 0 bridgehead atoms. The summed E-state index contributed by atoms with van der Waals surface area (Å²) in [6.07, 6.45) is -0.444. The lowest BCUT2D eigenvalue weighted by Crippen LogP contribution is -2.46. The van der Waals surface area contributed by atoms with Gasteiger partial charge in [0, 0.05) is 18.1 Å². The third kappa shape index (κ3) is 2.37. The molecule has 0 aliphatic carbocycles. The Morgan fingerprint density at radius 1 is 1.53 bits per heavy atom. The minimum Gasteiger partial charge on any atom is -0.479 e. The fourth-order valence-electron chi connectivity index (χ4n) is 1.83. The van der Waals surface area contributed by atoms with Crippen LogP contribution in [0.15, 0.2) is 18.2 Å². The molecular weight excluding hydrogens is 240 g/mol. The first-order valence-corrected chi connectivity index (χ1v) is 5.93. The number of amides is 1. The van der Waals surface area contributed by atoms with Gasteiger partial charge >= 0.3 is 0 Å². The Kier molecular flexibility index (Phi) is 3.54. The van der Waals surface area contributed by atoms with E-state index >= 15 is 0 Å². The fraction of sp³-hybridized carbons (Fsp3) is 0.417. The highest BCUT2D eigenvalue weighted by atomic mass is 35.5. The van der Waals surface area contributed by atoms with Crippen LogP contribution in [0.25, 0.3) is 0 Å². The molecule has 0 spiro atoms. The second-order valence-electron chi connectivity index (χ2n) is 3.97. The van der Waals surface area contributed by atoms with Crippen molar-refractivity contribution in [3.63, 3.8) is 0 Å². The Labute approximate surface area is 106 Å². The van der Waals surface area contributed by atoms with Crippen LogP contribution >= 0.6 is 11.6 Å². The van der Waals surface area contributed by atoms with Crippen LogP contribution in [0.1, 0.15) is 6.92 Å². The van der Waals surface area contributed by atoms with Crippen molar-refractivity contribution in [3.05, 3.63) is 23.2 Å². The Balaban J connectivity index is 2.36. The zero-order valence-electron chi connectivity index (χ0n) is 9.87. The maximum Gasteiger partial charge on any atom is 0.267 e. The lowest BCUT2D eigenvalue weighted by Gasteiger charge is -2.33. The first-order valence-electron chi connectivity index (χ1n) is 5.55. The lowest BCUT2D eigenvalue weighted by atomic mass is 10.2. The van der Waals surface area contributed by atoms with E-state index in [1.165, 1.54) is 0 Å². The summed E-state index contributed by atoms with van der Waals surface area (Å²) in [6.45, 7) is 3.09. The van der Waals surface area contributed by atoms with Crippen molar-refractivity contribution < 1.29 is 9.53 Å². The Hall–Kier alpha value is -1.26. The molecule has 2 rings (SSSR count). The van der Waals surface area contributed by atoms with Crippen molar-refractivity contribution in [2.45, 2.75) is 13.0 Å². The molecule has 1 N–H and O–H groups in total. The molecule has 1 amide bonds. The van der Waals surface area contributed by atoms with Crippen LogP contribution in [0.4, 0.5) is 5.69 Å². The largest absolute Gasteiger partial charge is 0.479 e. The van der Waals surface area contributed by atoms with Crippen molar-refractivity contribution in [1.82, 2.24) is 5.32 Å². The summed E-state index contributed by atoms with van der Waals surface area (Å²) in [4.78, 5) is 13.7. The number of nitrogens with zero attached hydrogens (tertiary/aromatic N) is 1. The van der Waals surface area contributed by atoms with Crippen LogP contribution in [0.2, 0.25) is 5.02 Å². The molecular formula is C12H15ClN2O2. The van der Waals surface area contributed by atoms with E-state index in [9.17, 15) is 4.79 Å². The maximum absolute atomic E-state index is 12.0. The van der Waals surface area contributed by atoms with E-state index in [-0.39, 0.29) is 5.91 Å². The number of anilines is 1. The second-order valence-corrected chi connectivity index (χ2v) is 4.40. The normalized spacial score (nSPS) is 18.9. The van der Waals surface area contributed by atoms with E-state index in [0.29, 0.717) is 17.3 Å². The molecule has 4 nitrogen and oxygen atoms in total. The highest BCUT2D eigenvalue weighted by Gasteiger charge is 2.31. The minimum atomic E-state index is -0.444. The van der Waals surface area contributed by atoms with Crippen LogP contribution in [-0.4, -0.2) is 32.1 Å². The fourth-order valence-corrected chi connectivity index (χ4v) is 2.00. The molecule has 1 aromatic rings. The SMILES string of the molecule is CNCCN1C(=O)C(C)Oc2ccc(Cl)cc21. The number of nitrogens with one attached hydrogen (secondary N) is 1. The van der Waals surface area contributed by atoms with Crippen LogP contribution < -0.4 is 15.0 Å². The van der Waals surface area contributed by atoms with Gasteiger partial charge in [-0.2, -0.15) is 0 Å². The summed E-state index contributed by atoms with van der Waals surface area (Å²) in [6, 6.07) is 5.32. The Morgan fingerprint density at radius 2 is 2.29 bits per heavy atom. The van der Waals surface area contributed by atoms with E-state index in [1.54, 1.807) is 30.0 Å². The predicted octanol–water partition coefficient (Wildman–Crippen LogP) is 1.67. The van der Waals surface area contributed by atoms with Gasteiger partial charge < -0.3 is 15.0 Å². The van der Waals surface area contributed by atoms with Gasteiger partial charge in [0.25, 0.3) is 5.91 Å². The number of hydrogen-bond acceptors (Lipinski definition) is 3. The van der Waals surface area contributed by atoms with Crippen LogP contribution in [0.3, 0.4) is 0 Å². The van der Waals surface area contributed by atoms with Crippen LogP contribution in [0.5, 0.6) is 5.75 Å². The highest BCUT2D eigenvalue weighted by molar-refractivity contribution is 6.31. The molecule has 1 aliphatic rings. The maximum atomic E-state index is 12.0. The van der Waals surface area contributed by atoms with Crippen LogP contribution in [0, 0.1) is 0 Å². The monoisotopic (exact) mass is 254 g/mol. The van der Waals surface area contributed by atoms with Crippen molar-refractivity contribution in [1.29, 1.82) is 0 Å². The number of hydrogen-bond donors (Lipinski definition) is 1. The molecule has 0 radical (unpaired) electrons. The van der Waals surface area contributed by atoms with E-state index in [0.717, 1.165) is 12.2 Å². The van der Waals surface area contributed by atoms with Crippen LogP contribution in [-0.2, 0) is 4.79 Å². The minimum absolute atomic E-state index is 0.0324. The predicted molar refractivity (Wildman–Crippen MR) is 67.8 cm³/mol. The number of ether oxygens (including phenoxy) is 1. The lowest BCUT2D eigenvalue weighted by molar-refractivity contribution is -0.125. The van der Waals surface area contributed by atoms with Gasteiger partial charge in [-0.1, -0.05) is 11.6 Å². The molecule has 1 aliphatic heterocycles. The molecule has 0 saturated heterocycles. The zero-order chi connectivity index (χ0) is 12.4. The second kappa shape index (κ2) is 4.94. The highest BCUT2D eigenvalue weighted by Crippen LogP contribution is 2.35. The summed E-state index contributed by atoms with van der Waals surface area (Å²) in [7, 11) is 1.85. The molecule has 1 aromatic carbocycles. The van der Waals surface area contributed by atoms with Gasteiger partial charge in [-0.25, -0.2) is 0 Å². The average molecular weight is 255 g/mol. The van der Waals surface area contributed by atoms with Gasteiger partial charge in [0.1, 0.15) is 5.75 Å². The molecule has 92 valence electrons. The standard InChI is InChI=1S/C12H15ClN2O2/c1-8-12(16)15(6-5-14-2)10-7-9(13)3-4-11(10)17-8/h3-4,7-8,14H,5-6H2,1-2H3. The molecule has 17 heavy (non-hydrogen) atoms. The van der Waals surface area contributed by atoms with Crippen molar-refractivity contribution in [2.24, 2.45) is 0 Å². The molecule has 0 aromatic heterocycles. The first kappa shape index (κ1) is 12.2. The van der Waals surface area contributed by atoms with Crippen molar-refractivity contribution in [3.8, 4) is 5.75 Å².